The van der Waals surface area contributed by atoms with Gasteiger partial charge < -0.3 is 36.3 Å². The highest BCUT2D eigenvalue weighted by molar-refractivity contribution is 5.80. The Morgan fingerprint density at radius 3 is 1.15 bits per heavy atom. The predicted molar refractivity (Wildman–Crippen MR) is 201 cm³/mol. The standard InChI is InChI=1S/C11H15NO.C10H13NO.C10H12NO.C4H11NO.C3H9NO/c1-10(9-13-2)12-8-11-6-4-3-5-7-11;2*1-9(8-12)11-7-10-5-3-2-4-6-10;1-4(5)3-6-2;1-3(4)2-5/h3-8,10H,9H2,1-2H3;2-7,9,12H,8H2,1H3;2-7,9H,8H2,1H3;4H,3,5H2,1-2H3;3,5H,2,4H2,1H3/q;;-1;;/t10-;2*9-;4-;3-/m00000/s1. The second-order valence-corrected chi connectivity index (χ2v) is 11.0. The lowest BCUT2D eigenvalue weighted by Crippen LogP contribution is -2.20. The summed E-state index contributed by atoms with van der Waals surface area (Å²) in [6.45, 7) is 10.7. The summed E-state index contributed by atoms with van der Waals surface area (Å²) in [5.74, 6) is 0. The van der Waals surface area contributed by atoms with Gasteiger partial charge in [-0.1, -0.05) is 91.0 Å². The van der Waals surface area contributed by atoms with Gasteiger partial charge in [0.05, 0.1) is 38.5 Å². The lowest BCUT2D eigenvalue weighted by atomic mass is 10.2. The molecule has 3 aromatic carbocycles. The van der Waals surface area contributed by atoms with Crippen LogP contribution in [-0.4, -0.2) is 106 Å². The Hall–Kier alpha value is -3.61. The number of aliphatic imine (C=N–C) groups is 3. The summed E-state index contributed by atoms with van der Waals surface area (Å²) in [6, 6.07) is 29.9. The highest BCUT2D eigenvalue weighted by Crippen LogP contribution is 1.98. The quantitative estimate of drug-likeness (QED) is 0.201. The van der Waals surface area contributed by atoms with Gasteiger partial charge in [-0.15, -0.1) is 6.61 Å². The molecule has 10 nitrogen and oxygen atoms in total. The molecule has 0 aromatic heterocycles. The molecule has 0 unspecified atom stereocenters. The first-order valence-corrected chi connectivity index (χ1v) is 16.1. The smallest absolute Gasteiger partial charge is 0.0705 e. The SMILES string of the molecule is COC[C@H](C)N.COC[C@H](C)N=Cc1ccccc1.C[C@@H](CO)N=Cc1ccccc1.C[C@@H](C[O-])N=Cc1ccccc1.C[C@H](N)CO. The normalized spacial score (nSPS) is 13.8. The van der Waals surface area contributed by atoms with Crippen molar-refractivity contribution < 1.29 is 24.8 Å². The minimum Gasteiger partial charge on any atom is -0.853 e. The first-order chi connectivity index (χ1) is 23.0. The molecule has 0 aliphatic carbocycles. The minimum absolute atomic E-state index is 0.00907. The lowest BCUT2D eigenvalue weighted by Gasteiger charge is -2.07. The molecule has 0 radical (unpaired) electrons. The molecule has 3 aromatic rings. The monoisotopic (exact) mass is 666 g/mol. The Morgan fingerprint density at radius 1 is 0.562 bits per heavy atom. The van der Waals surface area contributed by atoms with Crippen LogP contribution in [0.4, 0.5) is 0 Å². The Kier molecular flexibility index (Phi) is 32.3. The van der Waals surface area contributed by atoms with Gasteiger partial charge >= 0.3 is 0 Å². The topological polar surface area (TPSA) is 171 Å². The molecule has 0 fully saturated rings. The Labute approximate surface area is 289 Å². The number of ether oxygens (including phenoxy) is 2. The van der Waals surface area contributed by atoms with Crippen molar-refractivity contribution in [3.05, 3.63) is 108 Å². The molecule has 3 rings (SSSR count). The van der Waals surface area contributed by atoms with Crippen LogP contribution in [0, 0.1) is 0 Å². The summed E-state index contributed by atoms with van der Waals surface area (Å²) >= 11 is 0. The summed E-state index contributed by atoms with van der Waals surface area (Å²) in [4.78, 5) is 12.5. The maximum Gasteiger partial charge on any atom is 0.0705 e. The second kappa shape index (κ2) is 33.3. The van der Waals surface area contributed by atoms with Crippen molar-refractivity contribution in [1.29, 1.82) is 0 Å². The van der Waals surface area contributed by atoms with Crippen LogP contribution in [-0.2, 0) is 9.47 Å². The fourth-order valence-electron chi connectivity index (χ4n) is 2.89. The molecule has 0 aliphatic heterocycles. The van der Waals surface area contributed by atoms with E-state index < -0.39 is 0 Å². The second-order valence-electron chi connectivity index (χ2n) is 11.0. The zero-order valence-corrected chi connectivity index (χ0v) is 29.9. The van der Waals surface area contributed by atoms with Crippen LogP contribution in [0.2, 0.25) is 0 Å². The maximum absolute atomic E-state index is 10.3. The van der Waals surface area contributed by atoms with Crippen molar-refractivity contribution in [3.63, 3.8) is 0 Å². The van der Waals surface area contributed by atoms with Crippen molar-refractivity contribution in [1.82, 2.24) is 0 Å². The third-order valence-electron chi connectivity index (χ3n) is 5.46. The molecule has 0 saturated heterocycles. The van der Waals surface area contributed by atoms with Crippen molar-refractivity contribution in [2.45, 2.75) is 64.8 Å². The number of benzene rings is 3. The van der Waals surface area contributed by atoms with E-state index in [1.807, 2.05) is 125 Å². The van der Waals surface area contributed by atoms with E-state index in [0.717, 1.165) is 16.7 Å². The average Bonchev–Trinajstić information content (AvgIpc) is 3.11. The van der Waals surface area contributed by atoms with Crippen LogP contribution >= 0.6 is 0 Å². The molecular formula is C38H60N5O5-. The van der Waals surface area contributed by atoms with E-state index in [-0.39, 0.29) is 50.0 Å². The summed E-state index contributed by atoms with van der Waals surface area (Å²) < 4.78 is 9.66. The van der Waals surface area contributed by atoms with E-state index in [2.05, 4.69) is 19.7 Å². The molecule has 48 heavy (non-hydrogen) atoms. The highest BCUT2D eigenvalue weighted by atomic mass is 16.5. The average molecular weight is 667 g/mol. The predicted octanol–water partition coefficient (Wildman–Crippen LogP) is 3.79. The summed E-state index contributed by atoms with van der Waals surface area (Å²) in [7, 11) is 3.33. The molecule has 268 valence electrons. The van der Waals surface area contributed by atoms with E-state index in [9.17, 15) is 5.11 Å². The molecule has 0 bridgehead atoms. The molecule has 10 heteroatoms. The Balaban J connectivity index is 0. The number of hydrogen-bond donors (Lipinski definition) is 4. The summed E-state index contributed by atoms with van der Waals surface area (Å²) in [5, 5.41) is 27.1. The van der Waals surface area contributed by atoms with Gasteiger partial charge in [0.15, 0.2) is 0 Å². The third kappa shape index (κ3) is 32.3. The van der Waals surface area contributed by atoms with Crippen LogP contribution in [0.3, 0.4) is 0 Å². The van der Waals surface area contributed by atoms with Gasteiger partial charge in [0, 0.05) is 51.0 Å². The van der Waals surface area contributed by atoms with Gasteiger partial charge in [-0.25, -0.2) is 0 Å². The van der Waals surface area contributed by atoms with E-state index in [1.165, 1.54) is 0 Å². The molecule has 6 N–H and O–H groups in total. The fourth-order valence-corrected chi connectivity index (χ4v) is 2.89. The summed E-state index contributed by atoms with van der Waals surface area (Å²) in [5.41, 5.74) is 13.6. The molecule has 0 saturated carbocycles. The van der Waals surface area contributed by atoms with Crippen LogP contribution in [0.25, 0.3) is 0 Å². The third-order valence-corrected chi connectivity index (χ3v) is 5.46. The van der Waals surface area contributed by atoms with Crippen LogP contribution in [0.15, 0.2) is 106 Å². The van der Waals surface area contributed by atoms with Gasteiger partial charge in [0.1, 0.15) is 0 Å². The number of aliphatic hydroxyl groups is 2. The Bertz CT molecular complexity index is 1110. The van der Waals surface area contributed by atoms with Crippen molar-refractivity contribution in [2.75, 3.05) is 47.3 Å². The van der Waals surface area contributed by atoms with Gasteiger partial charge in [-0.3, -0.25) is 15.0 Å². The lowest BCUT2D eigenvalue weighted by molar-refractivity contribution is -0.370. The molecule has 0 amide bonds. The van der Waals surface area contributed by atoms with Crippen molar-refractivity contribution >= 4 is 18.6 Å². The van der Waals surface area contributed by atoms with Crippen LogP contribution in [0.1, 0.15) is 51.3 Å². The number of hydrogen-bond acceptors (Lipinski definition) is 10. The summed E-state index contributed by atoms with van der Waals surface area (Å²) in [6.07, 6.45) is 5.40. The van der Waals surface area contributed by atoms with Crippen molar-refractivity contribution in [3.8, 4) is 0 Å². The molecule has 0 heterocycles. The number of nitrogens with zero attached hydrogens (tertiary/aromatic N) is 3. The van der Waals surface area contributed by atoms with Gasteiger partial charge in [0.2, 0.25) is 0 Å². The number of methoxy groups -OCH3 is 2. The van der Waals surface area contributed by atoms with Crippen LogP contribution < -0.4 is 16.6 Å². The zero-order chi connectivity index (χ0) is 36.4. The maximum atomic E-state index is 10.3. The Morgan fingerprint density at radius 2 is 0.896 bits per heavy atom. The van der Waals surface area contributed by atoms with Gasteiger partial charge in [-0.2, -0.15) is 0 Å². The number of nitrogens with two attached hydrogens (primary N) is 2. The number of aliphatic hydroxyl groups excluding tert-OH is 2. The first-order valence-electron chi connectivity index (χ1n) is 16.1. The molecule has 0 spiro atoms. The van der Waals surface area contributed by atoms with E-state index in [4.69, 9.17) is 26.4 Å². The number of rotatable bonds is 13. The zero-order valence-electron chi connectivity index (χ0n) is 29.9. The van der Waals surface area contributed by atoms with Gasteiger partial charge in [-0.05, 0) is 51.3 Å². The van der Waals surface area contributed by atoms with E-state index in [0.29, 0.717) is 13.2 Å². The molecule has 5 atom stereocenters. The minimum atomic E-state index is -0.149. The fraction of sp³-hybridized carbons (Fsp3) is 0.447. The largest absolute Gasteiger partial charge is 0.853 e. The molecular weight excluding hydrogens is 606 g/mol. The van der Waals surface area contributed by atoms with E-state index in [1.54, 1.807) is 33.6 Å². The molecule has 0 aliphatic rings. The van der Waals surface area contributed by atoms with Gasteiger partial charge in [0.25, 0.3) is 0 Å². The van der Waals surface area contributed by atoms with E-state index >= 15 is 0 Å². The van der Waals surface area contributed by atoms with Crippen molar-refractivity contribution in [2.24, 2.45) is 26.4 Å². The van der Waals surface area contributed by atoms with Crippen LogP contribution in [0.5, 0.6) is 0 Å². The highest BCUT2D eigenvalue weighted by Gasteiger charge is 1.95. The first kappa shape index (κ1) is 46.5.